The predicted molar refractivity (Wildman–Crippen MR) is 117 cm³/mol. The van der Waals surface area contributed by atoms with Gasteiger partial charge in [-0.2, -0.15) is 13.2 Å². The highest BCUT2D eigenvalue weighted by atomic mass is 19.4. The molecule has 6 nitrogen and oxygen atoms in total. The van der Waals surface area contributed by atoms with E-state index in [2.05, 4.69) is 10.1 Å². The lowest BCUT2D eigenvalue weighted by Gasteiger charge is -2.20. The van der Waals surface area contributed by atoms with Gasteiger partial charge in [-0.05, 0) is 49.1 Å². The molecule has 1 aliphatic rings. The summed E-state index contributed by atoms with van der Waals surface area (Å²) >= 11 is 0. The van der Waals surface area contributed by atoms with E-state index in [4.69, 9.17) is 14.0 Å². The van der Waals surface area contributed by atoms with Gasteiger partial charge >= 0.3 is 12.1 Å². The first-order valence-corrected chi connectivity index (χ1v) is 10.9. The van der Waals surface area contributed by atoms with Crippen LogP contribution in [0.25, 0.3) is 11.0 Å². The molecule has 0 atom stereocenters. The summed E-state index contributed by atoms with van der Waals surface area (Å²) in [5.74, 6) is 0.181. The zero-order valence-electron chi connectivity index (χ0n) is 18.5. The molecule has 0 radical (unpaired) electrons. The van der Waals surface area contributed by atoms with Gasteiger partial charge in [0.25, 0.3) is 0 Å². The summed E-state index contributed by atoms with van der Waals surface area (Å²) in [6.07, 6.45) is -1.85. The minimum atomic E-state index is -4.57. The molecule has 33 heavy (non-hydrogen) atoms. The first kappa shape index (κ1) is 22.9. The summed E-state index contributed by atoms with van der Waals surface area (Å²) in [4.78, 5) is 14.2. The molecule has 2 heterocycles. The Morgan fingerprint density at radius 3 is 2.79 bits per heavy atom. The number of rotatable bonds is 8. The van der Waals surface area contributed by atoms with Crippen molar-refractivity contribution in [1.82, 2.24) is 5.16 Å². The van der Waals surface area contributed by atoms with Crippen molar-refractivity contribution < 1.29 is 32.0 Å². The maximum Gasteiger partial charge on any atom is 0.437 e. The van der Waals surface area contributed by atoms with E-state index in [1.54, 1.807) is 12.1 Å². The molecule has 0 fully saturated rings. The summed E-state index contributed by atoms with van der Waals surface area (Å²) in [6.45, 7) is 3.86. The van der Waals surface area contributed by atoms with Crippen LogP contribution >= 0.6 is 0 Å². The van der Waals surface area contributed by atoms with Crippen molar-refractivity contribution in [3.05, 3.63) is 52.7 Å². The molecular formula is C24H25F3N2O4. The number of hydrogen-bond acceptors (Lipinski definition) is 6. The fraction of sp³-hybridized carbons (Fsp3) is 0.417. The molecule has 0 saturated heterocycles. The van der Waals surface area contributed by atoms with Crippen molar-refractivity contribution in [1.29, 1.82) is 0 Å². The second kappa shape index (κ2) is 9.33. The van der Waals surface area contributed by atoms with Gasteiger partial charge in [0, 0.05) is 24.3 Å². The maximum atomic E-state index is 13.2. The van der Waals surface area contributed by atoms with Gasteiger partial charge in [-0.3, -0.25) is 0 Å². The second-order valence-electron chi connectivity index (χ2n) is 7.93. The van der Waals surface area contributed by atoms with Crippen molar-refractivity contribution in [3.63, 3.8) is 0 Å². The Kier molecular flexibility index (Phi) is 6.49. The first-order valence-electron chi connectivity index (χ1n) is 10.9. The molecule has 0 N–H and O–H groups in total. The number of carbonyl (C=O) groups excluding carboxylic acids is 1. The zero-order valence-corrected chi connectivity index (χ0v) is 18.5. The van der Waals surface area contributed by atoms with Crippen LogP contribution in [0.3, 0.4) is 0 Å². The van der Waals surface area contributed by atoms with Crippen LogP contribution in [0.1, 0.15) is 46.9 Å². The van der Waals surface area contributed by atoms with Gasteiger partial charge in [-0.15, -0.1) is 0 Å². The van der Waals surface area contributed by atoms with E-state index in [-0.39, 0.29) is 16.9 Å². The van der Waals surface area contributed by atoms with E-state index >= 15 is 0 Å². The van der Waals surface area contributed by atoms with Crippen molar-refractivity contribution in [2.75, 3.05) is 31.7 Å². The number of esters is 1. The number of alkyl halides is 3. The SMILES string of the molecule is CCCc1c(OCCCN2CCc3c(C(=O)OC)cccc32)ccc2c(C(F)(F)F)noc12. The summed E-state index contributed by atoms with van der Waals surface area (Å²) in [5.41, 5.74) is 2.33. The van der Waals surface area contributed by atoms with Crippen LogP contribution in [0, 0.1) is 0 Å². The average Bonchev–Trinajstić information content (AvgIpc) is 3.41. The van der Waals surface area contributed by atoms with Gasteiger partial charge in [0.2, 0.25) is 0 Å². The van der Waals surface area contributed by atoms with E-state index in [1.807, 2.05) is 19.1 Å². The highest BCUT2D eigenvalue weighted by molar-refractivity contribution is 5.93. The molecule has 0 bridgehead atoms. The fourth-order valence-corrected chi connectivity index (χ4v) is 4.34. The van der Waals surface area contributed by atoms with Crippen LogP contribution in [-0.2, 0) is 23.8 Å². The summed E-state index contributed by atoms with van der Waals surface area (Å²) in [5, 5.41) is 3.20. The zero-order chi connectivity index (χ0) is 23.6. The highest BCUT2D eigenvalue weighted by Gasteiger charge is 2.37. The van der Waals surface area contributed by atoms with Gasteiger partial charge in [-0.1, -0.05) is 24.6 Å². The lowest BCUT2D eigenvalue weighted by molar-refractivity contribution is -0.141. The lowest BCUT2D eigenvalue weighted by Crippen LogP contribution is -2.23. The monoisotopic (exact) mass is 462 g/mol. The van der Waals surface area contributed by atoms with Crippen molar-refractivity contribution in [2.24, 2.45) is 0 Å². The van der Waals surface area contributed by atoms with Crippen molar-refractivity contribution >= 4 is 22.6 Å². The molecule has 1 aliphatic heterocycles. The van der Waals surface area contributed by atoms with Gasteiger partial charge in [0.05, 0.1) is 24.7 Å². The van der Waals surface area contributed by atoms with Crippen LogP contribution in [0.4, 0.5) is 18.9 Å². The number of anilines is 1. The normalized spacial score (nSPS) is 13.4. The van der Waals surface area contributed by atoms with E-state index < -0.39 is 11.9 Å². The molecule has 2 aromatic carbocycles. The topological polar surface area (TPSA) is 64.8 Å². The van der Waals surface area contributed by atoms with E-state index in [0.717, 1.165) is 37.2 Å². The highest BCUT2D eigenvalue weighted by Crippen LogP contribution is 2.38. The van der Waals surface area contributed by atoms with E-state index in [0.29, 0.717) is 36.3 Å². The number of ether oxygens (including phenoxy) is 2. The third-order valence-corrected chi connectivity index (χ3v) is 5.83. The minimum absolute atomic E-state index is 0.0478. The standard InChI is InChI=1S/C24H25F3N2O4/c1-3-6-17-20(10-9-18-21(17)33-28-22(18)24(25,26)27)32-14-5-12-29-13-11-15-16(23(30)31-2)7-4-8-19(15)29/h4,7-10H,3,5-6,11-14H2,1-2H3. The number of carbonyl (C=O) groups is 1. The number of aryl methyl sites for hydroxylation is 1. The third kappa shape index (κ3) is 4.49. The summed E-state index contributed by atoms with van der Waals surface area (Å²) in [6, 6.07) is 8.53. The molecule has 0 unspecified atom stereocenters. The number of aromatic nitrogens is 1. The van der Waals surface area contributed by atoms with Crippen LogP contribution in [0.5, 0.6) is 5.75 Å². The molecule has 9 heteroatoms. The molecule has 0 amide bonds. The molecule has 0 saturated carbocycles. The minimum Gasteiger partial charge on any atom is -0.493 e. The molecule has 0 aliphatic carbocycles. The van der Waals surface area contributed by atoms with Crippen molar-refractivity contribution in [3.8, 4) is 5.75 Å². The molecule has 0 spiro atoms. The smallest absolute Gasteiger partial charge is 0.437 e. The quantitative estimate of drug-likeness (QED) is 0.329. The second-order valence-corrected chi connectivity index (χ2v) is 7.93. The van der Waals surface area contributed by atoms with Crippen molar-refractivity contribution in [2.45, 2.75) is 38.8 Å². The Morgan fingerprint density at radius 2 is 2.06 bits per heavy atom. The number of halogens is 3. The number of fused-ring (bicyclic) bond motifs is 2. The molecule has 4 rings (SSSR count). The number of benzene rings is 2. The Hall–Kier alpha value is -3.23. The van der Waals surface area contributed by atoms with Gasteiger partial charge in [0.15, 0.2) is 11.3 Å². The van der Waals surface area contributed by atoms with E-state index in [1.165, 1.54) is 13.2 Å². The Balaban J connectivity index is 1.43. The molecule has 1 aromatic heterocycles. The summed E-state index contributed by atoms with van der Waals surface area (Å²) < 4.78 is 55.4. The van der Waals surface area contributed by atoms with Gasteiger partial charge in [0.1, 0.15) is 5.75 Å². The van der Waals surface area contributed by atoms with E-state index in [9.17, 15) is 18.0 Å². The molecule has 3 aromatic rings. The van der Waals surface area contributed by atoms with Gasteiger partial charge in [-0.25, -0.2) is 4.79 Å². The number of methoxy groups -OCH3 is 1. The van der Waals surface area contributed by atoms with Crippen LogP contribution in [-0.4, -0.2) is 37.9 Å². The Morgan fingerprint density at radius 1 is 1.24 bits per heavy atom. The van der Waals surface area contributed by atoms with Gasteiger partial charge < -0.3 is 18.9 Å². The van der Waals surface area contributed by atoms with Crippen LogP contribution in [0.2, 0.25) is 0 Å². The van der Waals surface area contributed by atoms with Crippen LogP contribution in [0.15, 0.2) is 34.9 Å². The van der Waals surface area contributed by atoms with Crippen LogP contribution < -0.4 is 9.64 Å². The number of hydrogen-bond donors (Lipinski definition) is 0. The summed E-state index contributed by atoms with van der Waals surface area (Å²) in [7, 11) is 1.37. The lowest BCUT2D eigenvalue weighted by atomic mass is 10.0. The third-order valence-electron chi connectivity index (χ3n) is 5.83. The molecular weight excluding hydrogens is 437 g/mol. The maximum absolute atomic E-state index is 13.2. The number of nitrogens with zero attached hydrogens (tertiary/aromatic N) is 2. The Bertz CT molecular complexity index is 1160. The predicted octanol–water partition coefficient (Wildman–Crippen LogP) is 5.42. The molecule has 176 valence electrons. The Labute approximate surface area is 189 Å². The average molecular weight is 462 g/mol. The fourth-order valence-electron chi connectivity index (χ4n) is 4.34. The largest absolute Gasteiger partial charge is 0.493 e. The first-order chi connectivity index (χ1) is 15.8.